The van der Waals surface area contributed by atoms with Gasteiger partial charge in [-0.25, -0.2) is 0 Å². The van der Waals surface area contributed by atoms with E-state index in [0.29, 0.717) is 13.2 Å². The summed E-state index contributed by atoms with van der Waals surface area (Å²) in [6, 6.07) is 35.8. The molecular weight excluding hydrogens is 448 g/mol. The van der Waals surface area contributed by atoms with Crippen molar-refractivity contribution < 1.29 is 14.3 Å². The number of hydrogen-bond donors (Lipinski definition) is 2. The van der Waals surface area contributed by atoms with E-state index in [0.717, 1.165) is 42.1 Å². The molecule has 0 saturated carbocycles. The number of nitrogens with one attached hydrogen (secondary N) is 2. The van der Waals surface area contributed by atoms with Gasteiger partial charge in [-0.15, -0.1) is 0 Å². The normalized spacial score (nSPS) is 10.4. The van der Waals surface area contributed by atoms with Crippen LogP contribution >= 0.6 is 0 Å². The molecule has 0 saturated heterocycles. The van der Waals surface area contributed by atoms with E-state index in [2.05, 4.69) is 47.0 Å². The number of hydrogen-bond acceptors (Lipinski definition) is 4. The minimum atomic E-state index is -0.117. The minimum Gasteiger partial charge on any atom is -0.494 e. The molecule has 0 aliphatic carbocycles. The molecule has 5 nitrogen and oxygen atoms in total. The molecule has 0 bridgehead atoms. The summed E-state index contributed by atoms with van der Waals surface area (Å²) in [6.45, 7) is 1.45. The third kappa shape index (κ3) is 8.51. The Morgan fingerprint density at radius 1 is 0.583 bits per heavy atom. The zero-order valence-corrected chi connectivity index (χ0v) is 20.4. The van der Waals surface area contributed by atoms with E-state index >= 15 is 0 Å². The van der Waals surface area contributed by atoms with Gasteiger partial charge in [-0.2, -0.15) is 0 Å². The Balaban J connectivity index is 1.12. The number of benzene rings is 4. The Morgan fingerprint density at radius 3 is 1.72 bits per heavy atom. The van der Waals surface area contributed by atoms with Gasteiger partial charge in [0.1, 0.15) is 11.5 Å². The van der Waals surface area contributed by atoms with Gasteiger partial charge in [-0.1, -0.05) is 60.7 Å². The van der Waals surface area contributed by atoms with Crippen LogP contribution in [0.15, 0.2) is 109 Å². The second kappa shape index (κ2) is 13.6. The molecule has 0 unspecified atom stereocenters. The van der Waals surface area contributed by atoms with E-state index in [1.807, 2.05) is 72.8 Å². The van der Waals surface area contributed by atoms with Gasteiger partial charge in [0.2, 0.25) is 5.91 Å². The maximum absolute atomic E-state index is 12.3. The van der Waals surface area contributed by atoms with Crippen LogP contribution in [0.4, 0.5) is 11.4 Å². The molecule has 184 valence electrons. The molecule has 0 atom stereocenters. The lowest BCUT2D eigenvalue weighted by molar-refractivity contribution is -0.114. The second-order valence-electron chi connectivity index (χ2n) is 8.47. The number of aryl methyl sites for hydroxylation is 1. The molecule has 2 N–H and O–H groups in total. The molecule has 0 aliphatic heterocycles. The first-order valence-electron chi connectivity index (χ1n) is 12.3. The Kier molecular flexibility index (Phi) is 9.39. The summed E-state index contributed by atoms with van der Waals surface area (Å²) in [4.78, 5) is 12.3. The highest BCUT2D eigenvalue weighted by Gasteiger charge is 2.04. The maximum Gasteiger partial charge on any atom is 0.243 e. The first-order chi connectivity index (χ1) is 17.7. The lowest BCUT2D eigenvalue weighted by Crippen LogP contribution is -2.21. The third-order valence-electron chi connectivity index (χ3n) is 5.67. The quantitative estimate of drug-likeness (QED) is 0.218. The van der Waals surface area contributed by atoms with Gasteiger partial charge in [0.25, 0.3) is 0 Å². The summed E-state index contributed by atoms with van der Waals surface area (Å²) in [5.41, 5.74) is 4.16. The van der Waals surface area contributed by atoms with E-state index in [1.165, 1.54) is 11.1 Å². The topological polar surface area (TPSA) is 59.6 Å². The number of ether oxygens (including phenoxy) is 2. The van der Waals surface area contributed by atoms with Crippen LogP contribution in [0.5, 0.6) is 11.5 Å². The second-order valence-corrected chi connectivity index (χ2v) is 8.47. The van der Waals surface area contributed by atoms with Gasteiger partial charge in [0, 0.05) is 17.8 Å². The highest BCUT2D eigenvalue weighted by Crippen LogP contribution is 2.18. The predicted molar refractivity (Wildman–Crippen MR) is 146 cm³/mol. The van der Waals surface area contributed by atoms with Crippen molar-refractivity contribution in [2.24, 2.45) is 0 Å². The fourth-order valence-electron chi connectivity index (χ4n) is 3.73. The molecule has 0 heterocycles. The van der Waals surface area contributed by atoms with Crippen LogP contribution in [0.25, 0.3) is 0 Å². The van der Waals surface area contributed by atoms with Gasteiger partial charge < -0.3 is 20.1 Å². The average Bonchev–Trinajstić information content (AvgIpc) is 2.93. The van der Waals surface area contributed by atoms with E-state index in [4.69, 9.17) is 9.47 Å². The van der Waals surface area contributed by atoms with E-state index in [9.17, 15) is 4.79 Å². The van der Waals surface area contributed by atoms with E-state index in [-0.39, 0.29) is 12.5 Å². The van der Waals surface area contributed by atoms with Crippen molar-refractivity contribution in [3.8, 4) is 11.5 Å². The van der Waals surface area contributed by atoms with Crippen LogP contribution in [0, 0.1) is 0 Å². The summed E-state index contributed by atoms with van der Waals surface area (Å²) in [5, 5.41) is 6.04. The van der Waals surface area contributed by atoms with Crippen LogP contribution in [0.3, 0.4) is 0 Å². The highest BCUT2D eigenvalue weighted by molar-refractivity contribution is 5.93. The van der Waals surface area contributed by atoms with Crippen LogP contribution < -0.4 is 20.1 Å². The number of carbonyl (C=O) groups is 1. The maximum atomic E-state index is 12.3. The molecule has 36 heavy (non-hydrogen) atoms. The summed E-state index contributed by atoms with van der Waals surface area (Å²) < 4.78 is 11.6. The molecule has 0 fully saturated rings. The first kappa shape index (κ1) is 24.9. The van der Waals surface area contributed by atoms with Gasteiger partial charge in [0.05, 0.1) is 19.8 Å². The van der Waals surface area contributed by atoms with Crippen LogP contribution in [-0.2, 0) is 17.6 Å². The molecule has 4 aromatic rings. The number of rotatable bonds is 13. The van der Waals surface area contributed by atoms with Crippen LogP contribution in [-0.4, -0.2) is 25.7 Å². The average molecular weight is 481 g/mol. The molecular formula is C31H32N2O3. The lowest BCUT2D eigenvalue weighted by atomic mass is 10.1. The summed E-state index contributed by atoms with van der Waals surface area (Å²) in [7, 11) is 0. The Labute approximate surface area is 213 Å². The van der Waals surface area contributed by atoms with Crippen molar-refractivity contribution >= 4 is 17.3 Å². The highest BCUT2D eigenvalue weighted by atomic mass is 16.5. The van der Waals surface area contributed by atoms with Crippen molar-refractivity contribution in [2.75, 3.05) is 30.4 Å². The number of anilines is 2. The largest absolute Gasteiger partial charge is 0.494 e. The van der Waals surface area contributed by atoms with Crippen LogP contribution in [0.1, 0.15) is 17.5 Å². The minimum absolute atomic E-state index is 0.117. The molecule has 0 radical (unpaired) electrons. The van der Waals surface area contributed by atoms with Crippen LogP contribution in [0.2, 0.25) is 0 Å². The van der Waals surface area contributed by atoms with E-state index in [1.54, 1.807) is 0 Å². The monoisotopic (exact) mass is 480 g/mol. The van der Waals surface area contributed by atoms with Gasteiger partial charge >= 0.3 is 0 Å². The number of carbonyl (C=O) groups excluding carboxylic acids is 1. The smallest absolute Gasteiger partial charge is 0.243 e. The Hall–Kier alpha value is -4.25. The standard InChI is InChI=1S/C31H32N2O3/c34-31(33-28-15-19-30(20-16-28)36-23-21-26-10-5-2-6-11-26)24-32-27-13-17-29(18-14-27)35-22-7-12-25-8-3-1-4-9-25/h1-6,8-11,13-20,32H,7,12,21-24H2,(H,33,34). The fourth-order valence-corrected chi connectivity index (χ4v) is 3.73. The van der Waals surface area contributed by atoms with Gasteiger partial charge in [-0.05, 0) is 72.5 Å². The lowest BCUT2D eigenvalue weighted by Gasteiger charge is -2.10. The van der Waals surface area contributed by atoms with Gasteiger partial charge in [-0.3, -0.25) is 4.79 Å². The fraction of sp³-hybridized carbons (Fsp3) is 0.194. The van der Waals surface area contributed by atoms with Gasteiger partial charge in [0.15, 0.2) is 0 Å². The van der Waals surface area contributed by atoms with Crippen molar-refractivity contribution in [1.29, 1.82) is 0 Å². The molecule has 5 heteroatoms. The van der Waals surface area contributed by atoms with Crippen molar-refractivity contribution in [3.05, 3.63) is 120 Å². The van der Waals surface area contributed by atoms with E-state index < -0.39 is 0 Å². The summed E-state index contributed by atoms with van der Waals surface area (Å²) in [6.07, 6.45) is 2.82. The molecule has 0 aromatic heterocycles. The summed E-state index contributed by atoms with van der Waals surface area (Å²) in [5.74, 6) is 1.49. The van der Waals surface area contributed by atoms with Crippen molar-refractivity contribution in [3.63, 3.8) is 0 Å². The number of amides is 1. The predicted octanol–water partition coefficient (Wildman–Crippen LogP) is 6.37. The molecule has 0 spiro atoms. The molecule has 4 rings (SSSR count). The zero-order chi connectivity index (χ0) is 24.8. The molecule has 1 amide bonds. The Morgan fingerprint density at radius 2 is 1.11 bits per heavy atom. The molecule has 0 aliphatic rings. The van der Waals surface area contributed by atoms with Crippen molar-refractivity contribution in [2.45, 2.75) is 19.3 Å². The molecule has 4 aromatic carbocycles. The Bertz CT molecular complexity index is 1180. The SMILES string of the molecule is O=C(CNc1ccc(OCCCc2ccccc2)cc1)Nc1ccc(OCCc2ccccc2)cc1. The third-order valence-corrected chi connectivity index (χ3v) is 5.67. The zero-order valence-electron chi connectivity index (χ0n) is 20.4. The van der Waals surface area contributed by atoms with Crippen molar-refractivity contribution in [1.82, 2.24) is 0 Å². The first-order valence-corrected chi connectivity index (χ1v) is 12.3. The summed E-state index contributed by atoms with van der Waals surface area (Å²) >= 11 is 0.